The fourth-order valence-electron chi connectivity index (χ4n) is 2.80. The molecule has 3 rings (SSSR count). The Hall–Kier alpha value is -2.82. The number of rotatable bonds is 7. The van der Waals surface area contributed by atoms with Gasteiger partial charge >= 0.3 is 0 Å². The molecular weight excluding hydrogens is 340 g/mol. The first kappa shape index (κ1) is 19.0. The van der Waals surface area contributed by atoms with Crippen molar-refractivity contribution in [2.24, 2.45) is 5.92 Å². The maximum absolute atomic E-state index is 12.7. The Morgan fingerprint density at radius 2 is 1.81 bits per heavy atom. The van der Waals surface area contributed by atoms with Gasteiger partial charge in [-0.1, -0.05) is 31.2 Å². The molecule has 27 heavy (non-hydrogen) atoms. The molecule has 1 aliphatic rings. The molecule has 0 bridgehead atoms. The summed E-state index contributed by atoms with van der Waals surface area (Å²) in [7, 11) is 0. The van der Waals surface area contributed by atoms with Gasteiger partial charge in [-0.2, -0.15) is 0 Å². The molecule has 2 amide bonds. The van der Waals surface area contributed by atoms with Gasteiger partial charge < -0.3 is 15.4 Å². The molecule has 0 spiro atoms. The van der Waals surface area contributed by atoms with Crippen LogP contribution in [0.5, 0.6) is 5.75 Å². The van der Waals surface area contributed by atoms with Gasteiger partial charge in [-0.25, -0.2) is 0 Å². The first-order valence-corrected chi connectivity index (χ1v) is 9.42. The second-order valence-electron chi connectivity index (χ2n) is 7.06. The Morgan fingerprint density at radius 3 is 2.48 bits per heavy atom. The van der Waals surface area contributed by atoms with Crippen LogP contribution in [0.1, 0.15) is 37.3 Å². The lowest BCUT2D eigenvalue weighted by molar-refractivity contribution is -0.122. The number of carbonyl (C=O) groups is 2. The van der Waals surface area contributed by atoms with Crippen LogP contribution in [0.2, 0.25) is 0 Å². The monoisotopic (exact) mass is 366 g/mol. The summed E-state index contributed by atoms with van der Waals surface area (Å²) in [5.41, 5.74) is 3.33. The molecule has 2 N–H and O–H groups in total. The number of hydrogen-bond acceptors (Lipinski definition) is 3. The molecular formula is C22H26N2O3. The van der Waals surface area contributed by atoms with Crippen molar-refractivity contribution in [1.29, 1.82) is 0 Å². The molecule has 2 aromatic rings. The van der Waals surface area contributed by atoms with E-state index >= 15 is 0 Å². The Balaban J connectivity index is 1.68. The average Bonchev–Trinajstić information content (AvgIpc) is 3.49. The topological polar surface area (TPSA) is 67.4 Å². The van der Waals surface area contributed by atoms with Gasteiger partial charge in [0.05, 0.1) is 0 Å². The van der Waals surface area contributed by atoms with Crippen molar-refractivity contribution in [2.75, 3.05) is 10.6 Å². The molecule has 1 atom stereocenters. The van der Waals surface area contributed by atoms with E-state index in [1.165, 1.54) is 0 Å². The number of carbonyl (C=O) groups excluding carboxylic acids is 2. The molecule has 142 valence electrons. The van der Waals surface area contributed by atoms with Crippen LogP contribution >= 0.6 is 0 Å². The maximum Gasteiger partial charge on any atom is 0.265 e. The third kappa shape index (κ3) is 4.88. The van der Waals surface area contributed by atoms with E-state index in [0.717, 1.165) is 29.7 Å². The fraction of sp³-hybridized carbons (Fsp3) is 0.364. The molecule has 0 saturated heterocycles. The largest absolute Gasteiger partial charge is 0.480 e. The summed E-state index contributed by atoms with van der Waals surface area (Å²) >= 11 is 0. The first-order valence-electron chi connectivity index (χ1n) is 9.42. The Labute approximate surface area is 160 Å². The number of para-hydroxylation sites is 1. The summed E-state index contributed by atoms with van der Waals surface area (Å²) < 4.78 is 5.90. The SMILES string of the molecule is CCC(Oc1ccccc1C)C(=O)Nc1ccc(C)c(NC(=O)C2CC2)c1. The summed E-state index contributed by atoms with van der Waals surface area (Å²) in [5.74, 6) is 0.690. The number of hydrogen-bond donors (Lipinski definition) is 2. The van der Waals surface area contributed by atoms with Crippen molar-refractivity contribution in [2.45, 2.75) is 46.1 Å². The van der Waals surface area contributed by atoms with E-state index in [4.69, 9.17) is 4.74 Å². The van der Waals surface area contributed by atoms with Gasteiger partial charge in [0.1, 0.15) is 5.75 Å². The van der Waals surface area contributed by atoms with E-state index in [9.17, 15) is 9.59 Å². The van der Waals surface area contributed by atoms with E-state index in [1.54, 1.807) is 6.07 Å². The predicted molar refractivity (Wildman–Crippen MR) is 107 cm³/mol. The van der Waals surface area contributed by atoms with Gasteiger partial charge in [-0.05, 0) is 62.4 Å². The summed E-state index contributed by atoms with van der Waals surface area (Å²) in [6.45, 7) is 5.80. The van der Waals surface area contributed by atoms with Gasteiger partial charge in [-0.3, -0.25) is 9.59 Å². The quantitative estimate of drug-likeness (QED) is 0.761. The van der Waals surface area contributed by atoms with Gasteiger partial charge in [0.2, 0.25) is 5.91 Å². The molecule has 0 heterocycles. The molecule has 0 aliphatic heterocycles. The normalized spacial score (nSPS) is 14.3. The third-order valence-corrected chi connectivity index (χ3v) is 4.74. The third-order valence-electron chi connectivity index (χ3n) is 4.74. The number of anilines is 2. The highest BCUT2D eigenvalue weighted by atomic mass is 16.5. The molecule has 0 aromatic heterocycles. The number of ether oxygens (including phenoxy) is 1. The van der Waals surface area contributed by atoms with E-state index < -0.39 is 6.10 Å². The lowest BCUT2D eigenvalue weighted by Gasteiger charge is -2.19. The van der Waals surface area contributed by atoms with E-state index in [0.29, 0.717) is 17.9 Å². The highest BCUT2D eigenvalue weighted by Gasteiger charge is 2.29. The van der Waals surface area contributed by atoms with Gasteiger partial charge in [-0.15, -0.1) is 0 Å². The Morgan fingerprint density at radius 1 is 1.07 bits per heavy atom. The van der Waals surface area contributed by atoms with Crippen molar-refractivity contribution in [3.05, 3.63) is 53.6 Å². The van der Waals surface area contributed by atoms with Crippen LogP contribution in [0.4, 0.5) is 11.4 Å². The number of benzene rings is 2. The average molecular weight is 366 g/mol. The summed E-state index contributed by atoms with van der Waals surface area (Å²) in [4.78, 5) is 24.7. The van der Waals surface area contributed by atoms with Crippen LogP contribution in [0.3, 0.4) is 0 Å². The zero-order chi connectivity index (χ0) is 19.4. The van der Waals surface area contributed by atoms with Crippen molar-refractivity contribution >= 4 is 23.2 Å². The molecule has 1 saturated carbocycles. The smallest absolute Gasteiger partial charge is 0.265 e. The van der Waals surface area contributed by atoms with Crippen LogP contribution in [0, 0.1) is 19.8 Å². The second-order valence-corrected chi connectivity index (χ2v) is 7.06. The van der Waals surface area contributed by atoms with Gasteiger partial charge in [0.15, 0.2) is 6.10 Å². The lowest BCUT2D eigenvalue weighted by Crippen LogP contribution is -2.32. The second kappa shape index (κ2) is 8.25. The van der Waals surface area contributed by atoms with Crippen molar-refractivity contribution in [1.82, 2.24) is 0 Å². The van der Waals surface area contributed by atoms with E-state index in [2.05, 4.69) is 10.6 Å². The minimum atomic E-state index is -0.586. The van der Waals surface area contributed by atoms with Gasteiger partial charge in [0.25, 0.3) is 5.91 Å². The van der Waals surface area contributed by atoms with Crippen LogP contribution < -0.4 is 15.4 Å². The first-order chi connectivity index (χ1) is 13.0. The zero-order valence-electron chi connectivity index (χ0n) is 16.0. The lowest BCUT2D eigenvalue weighted by atomic mass is 10.1. The van der Waals surface area contributed by atoms with Crippen molar-refractivity contribution in [3.8, 4) is 5.75 Å². The fourth-order valence-corrected chi connectivity index (χ4v) is 2.80. The van der Waals surface area contributed by atoms with Crippen molar-refractivity contribution in [3.63, 3.8) is 0 Å². The minimum absolute atomic E-state index is 0.0518. The number of aryl methyl sites for hydroxylation is 2. The van der Waals surface area contributed by atoms with Crippen LogP contribution in [0.15, 0.2) is 42.5 Å². The standard InChI is InChI=1S/C22H26N2O3/c1-4-19(27-20-8-6-5-7-15(20)3)22(26)23-17-12-9-14(2)18(13-17)24-21(25)16-10-11-16/h5-9,12-13,16,19H,4,10-11H2,1-3H3,(H,23,26)(H,24,25). The minimum Gasteiger partial charge on any atom is -0.480 e. The summed E-state index contributed by atoms with van der Waals surface area (Å²) in [6, 6.07) is 13.2. The van der Waals surface area contributed by atoms with Crippen LogP contribution in [0.25, 0.3) is 0 Å². The van der Waals surface area contributed by atoms with Gasteiger partial charge in [0, 0.05) is 17.3 Å². The molecule has 2 aromatic carbocycles. The van der Waals surface area contributed by atoms with E-state index in [-0.39, 0.29) is 17.7 Å². The predicted octanol–water partition coefficient (Wildman–Crippen LogP) is 4.45. The molecule has 0 radical (unpaired) electrons. The number of amides is 2. The maximum atomic E-state index is 12.7. The highest BCUT2D eigenvalue weighted by Crippen LogP contribution is 2.31. The number of nitrogens with one attached hydrogen (secondary N) is 2. The Kier molecular flexibility index (Phi) is 5.79. The summed E-state index contributed by atoms with van der Waals surface area (Å²) in [6.07, 6.45) is 1.87. The van der Waals surface area contributed by atoms with E-state index in [1.807, 2.05) is 57.2 Å². The molecule has 5 nitrogen and oxygen atoms in total. The zero-order valence-corrected chi connectivity index (χ0v) is 16.0. The molecule has 5 heteroatoms. The van der Waals surface area contributed by atoms with Crippen LogP contribution in [-0.4, -0.2) is 17.9 Å². The Bertz CT molecular complexity index is 843. The molecule has 1 unspecified atom stereocenters. The van der Waals surface area contributed by atoms with Crippen molar-refractivity contribution < 1.29 is 14.3 Å². The summed E-state index contributed by atoms with van der Waals surface area (Å²) in [5, 5.41) is 5.86. The molecule has 1 fully saturated rings. The highest BCUT2D eigenvalue weighted by molar-refractivity contribution is 5.97. The molecule has 1 aliphatic carbocycles. The van der Waals surface area contributed by atoms with Crippen LogP contribution in [-0.2, 0) is 9.59 Å².